The molecule has 0 unspecified atom stereocenters. The fourth-order valence-electron chi connectivity index (χ4n) is 3.90. The van der Waals surface area contributed by atoms with Crippen LogP contribution in [-0.4, -0.2) is 29.7 Å². The van der Waals surface area contributed by atoms with Gasteiger partial charge >= 0.3 is 0 Å². The second-order valence-corrected chi connectivity index (χ2v) is 5.47. The van der Waals surface area contributed by atoms with E-state index in [9.17, 15) is 9.90 Å². The predicted molar refractivity (Wildman–Crippen MR) is 49.7 cm³/mol. The van der Waals surface area contributed by atoms with Gasteiger partial charge in [-0.15, -0.1) is 0 Å². The Morgan fingerprint density at radius 2 is 2.14 bits per heavy atom. The van der Waals surface area contributed by atoms with Gasteiger partial charge < -0.3 is 9.84 Å². The SMILES string of the molecule is CC1(C)[C@H]2CC[C@@]1([C@H]1CO1)C(=O)[C@@H]2O. The molecule has 1 aliphatic heterocycles. The van der Waals surface area contributed by atoms with E-state index < -0.39 is 6.10 Å². The van der Waals surface area contributed by atoms with Crippen LogP contribution in [0.5, 0.6) is 0 Å². The lowest BCUT2D eigenvalue weighted by molar-refractivity contribution is -0.137. The number of ketones is 1. The lowest BCUT2D eigenvalue weighted by Crippen LogP contribution is -2.42. The van der Waals surface area contributed by atoms with Gasteiger partial charge in [-0.3, -0.25) is 4.79 Å². The minimum atomic E-state index is -0.733. The highest BCUT2D eigenvalue weighted by Gasteiger charge is 2.73. The van der Waals surface area contributed by atoms with Crippen molar-refractivity contribution in [1.29, 1.82) is 0 Å². The molecule has 0 spiro atoms. The number of hydrogen-bond donors (Lipinski definition) is 1. The largest absolute Gasteiger partial charge is 0.385 e. The average Bonchev–Trinajstić information content (AvgIpc) is 2.87. The standard InChI is InChI=1S/C11H16O3/c1-10(2)6-3-4-11(10,7-5-14-7)9(13)8(6)12/h6-8,12H,3-5H2,1-2H3/t6-,7+,8+,11+/m0/s1. The van der Waals surface area contributed by atoms with Crippen molar-refractivity contribution in [3.05, 3.63) is 0 Å². The Morgan fingerprint density at radius 3 is 2.57 bits per heavy atom. The van der Waals surface area contributed by atoms with Crippen LogP contribution in [0.1, 0.15) is 26.7 Å². The lowest BCUT2D eigenvalue weighted by atomic mass is 9.67. The van der Waals surface area contributed by atoms with E-state index in [4.69, 9.17) is 4.74 Å². The van der Waals surface area contributed by atoms with Crippen LogP contribution in [0.3, 0.4) is 0 Å². The average molecular weight is 196 g/mol. The molecule has 0 radical (unpaired) electrons. The zero-order chi connectivity index (χ0) is 10.1. The third kappa shape index (κ3) is 0.684. The molecule has 2 bridgehead atoms. The number of carbonyl (C=O) groups excluding carboxylic acids is 1. The van der Waals surface area contributed by atoms with Gasteiger partial charge in [0.25, 0.3) is 0 Å². The zero-order valence-corrected chi connectivity index (χ0v) is 8.62. The van der Waals surface area contributed by atoms with E-state index in [1.54, 1.807) is 0 Å². The van der Waals surface area contributed by atoms with E-state index >= 15 is 0 Å². The highest BCUT2D eigenvalue weighted by molar-refractivity contribution is 5.94. The molecule has 3 rings (SSSR count). The molecule has 0 aromatic carbocycles. The van der Waals surface area contributed by atoms with Crippen molar-refractivity contribution in [3.8, 4) is 0 Å². The molecule has 3 fully saturated rings. The number of aliphatic hydroxyl groups is 1. The van der Waals surface area contributed by atoms with Gasteiger partial charge in [-0.1, -0.05) is 13.8 Å². The van der Waals surface area contributed by atoms with Crippen LogP contribution >= 0.6 is 0 Å². The molecule has 78 valence electrons. The maximum Gasteiger partial charge on any atom is 0.170 e. The first-order valence-corrected chi connectivity index (χ1v) is 5.36. The van der Waals surface area contributed by atoms with Crippen molar-refractivity contribution in [3.63, 3.8) is 0 Å². The molecule has 3 nitrogen and oxygen atoms in total. The van der Waals surface area contributed by atoms with Gasteiger partial charge in [0.05, 0.1) is 18.1 Å². The van der Waals surface area contributed by atoms with Crippen LogP contribution < -0.4 is 0 Å². The Balaban J connectivity index is 2.12. The van der Waals surface area contributed by atoms with Gasteiger partial charge in [0.1, 0.15) is 6.10 Å². The normalized spacial score (nSPS) is 53.9. The molecule has 1 saturated heterocycles. The number of aliphatic hydroxyl groups excluding tert-OH is 1. The van der Waals surface area contributed by atoms with Crippen LogP contribution in [0.2, 0.25) is 0 Å². The van der Waals surface area contributed by atoms with Gasteiger partial charge in [0.2, 0.25) is 0 Å². The molecule has 0 aromatic heterocycles. The Kier molecular flexibility index (Phi) is 1.41. The Labute approximate surface area is 83.4 Å². The van der Waals surface area contributed by atoms with E-state index in [2.05, 4.69) is 13.8 Å². The number of Topliss-reactive ketones (excluding diaryl/α,β-unsaturated/α-hetero) is 1. The Morgan fingerprint density at radius 1 is 1.50 bits per heavy atom. The summed E-state index contributed by atoms with van der Waals surface area (Å²) >= 11 is 0. The fraction of sp³-hybridized carbons (Fsp3) is 0.909. The van der Waals surface area contributed by atoms with E-state index in [-0.39, 0.29) is 28.6 Å². The summed E-state index contributed by atoms with van der Waals surface area (Å²) in [6.07, 6.45) is 1.24. The van der Waals surface area contributed by atoms with Gasteiger partial charge in [0.15, 0.2) is 5.78 Å². The van der Waals surface area contributed by atoms with Crippen molar-refractivity contribution in [2.75, 3.05) is 6.61 Å². The van der Waals surface area contributed by atoms with Crippen molar-refractivity contribution < 1.29 is 14.6 Å². The summed E-state index contributed by atoms with van der Waals surface area (Å²) in [6, 6.07) is 0. The van der Waals surface area contributed by atoms with E-state index in [0.29, 0.717) is 6.61 Å². The summed E-state index contributed by atoms with van der Waals surface area (Å²) in [5.74, 6) is 0.195. The van der Waals surface area contributed by atoms with Crippen molar-refractivity contribution >= 4 is 5.78 Å². The molecule has 0 amide bonds. The summed E-state index contributed by atoms with van der Waals surface area (Å²) in [4.78, 5) is 12.1. The van der Waals surface area contributed by atoms with E-state index in [0.717, 1.165) is 12.8 Å². The molecule has 1 heterocycles. The summed E-state index contributed by atoms with van der Waals surface area (Å²) < 4.78 is 5.34. The van der Waals surface area contributed by atoms with Gasteiger partial charge in [-0.25, -0.2) is 0 Å². The number of fused-ring (bicyclic) bond motifs is 2. The number of carbonyl (C=O) groups is 1. The molecular formula is C11H16O3. The molecule has 1 N–H and O–H groups in total. The Bertz CT molecular complexity index is 306. The molecule has 0 aromatic rings. The molecule has 14 heavy (non-hydrogen) atoms. The topological polar surface area (TPSA) is 49.8 Å². The van der Waals surface area contributed by atoms with E-state index in [1.807, 2.05) is 0 Å². The summed E-state index contributed by atoms with van der Waals surface area (Å²) in [5.41, 5.74) is -0.443. The van der Waals surface area contributed by atoms with Gasteiger partial charge in [-0.05, 0) is 24.2 Å². The minimum absolute atomic E-state index is 0.0428. The van der Waals surface area contributed by atoms with Crippen LogP contribution in [0.25, 0.3) is 0 Å². The van der Waals surface area contributed by atoms with Gasteiger partial charge in [0, 0.05) is 0 Å². The minimum Gasteiger partial charge on any atom is -0.385 e. The predicted octanol–water partition coefficient (Wildman–Crippen LogP) is 0.751. The molecule has 2 saturated carbocycles. The van der Waals surface area contributed by atoms with Crippen molar-refractivity contribution in [2.45, 2.75) is 38.9 Å². The smallest absolute Gasteiger partial charge is 0.170 e. The first-order valence-electron chi connectivity index (χ1n) is 5.36. The van der Waals surface area contributed by atoms with Crippen molar-refractivity contribution in [1.82, 2.24) is 0 Å². The summed E-state index contributed by atoms with van der Waals surface area (Å²) in [6.45, 7) is 4.93. The molecule has 3 heteroatoms. The molecule has 3 aliphatic rings. The second kappa shape index (κ2) is 2.22. The first kappa shape index (κ1) is 8.86. The third-order valence-corrected chi connectivity index (χ3v) is 4.90. The van der Waals surface area contributed by atoms with Crippen LogP contribution in [0.4, 0.5) is 0 Å². The lowest BCUT2D eigenvalue weighted by Gasteiger charge is -2.34. The number of rotatable bonds is 1. The number of epoxide rings is 1. The second-order valence-electron chi connectivity index (χ2n) is 5.47. The Hall–Kier alpha value is -0.410. The number of hydrogen-bond acceptors (Lipinski definition) is 3. The molecule has 4 atom stereocenters. The van der Waals surface area contributed by atoms with Crippen LogP contribution in [-0.2, 0) is 9.53 Å². The monoisotopic (exact) mass is 196 g/mol. The maximum atomic E-state index is 12.1. The van der Waals surface area contributed by atoms with Gasteiger partial charge in [-0.2, -0.15) is 0 Å². The summed E-state index contributed by atoms with van der Waals surface area (Å²) in [5, 5.41) is 9.86. The number of ether oxygens (including phenoxy) is 1. The quantitative estimate of drug-likeness (QED) is 0.630. The first-order chi connectivity index (χ1) is 6.52. The van der Waals surface area contributed by atoms with E-state index in [1.165, 1.54) is 0 Å². The maximum absolute atomic E-state index is 12.1. The highest BCUT2D eigenvalue weighted by atomic mass is 16.6. The third-order valence-electron chi connectivity index (χ3n) is 4.90. The summed E-state index contributed by atoms with van der Waals surface area (Å²) in [7, 11) is 0. The van der Waals surface area contributed by atoms with Crippen molar-refractivity contribution in [2.24, 2.45) is 16.7 Å². The highest BCUT2D eigenvalue weighted by Crippen LogP contribution is 2.67. The fourth-order valence-corrected chi connectivity index (χ4v) is 3.90. The van der Waals surface area contributed by atoms with Crippen LogP contribution in [0, 0.1) is 16.7 Å². The molecular weight excluding hydrogens is 180 g/mol. The zero-order valence-electron chi connectivity index (χ0n) is 8.62. The van der Waals surface area contributed by atoms with Crippen LogP contribution in [0.15, 0.2) is 0 Å². The molecule has 2 aliphatic carbocycles.